The van der Waals surface area contributed by atoms with Crippen molar-refractivity contribution in [3.05, 3.63) is 57.2 Å². The summed E-state index contributed by atoms with van der Waals surface area (Å²) in [5.41, 5.74) is 0.595. The van der Waals surface area contributed by atoms with E-state index in [-0.39, 0.29) is 5.69 Å². The Labute approximate surface area is 124 Å². The minimum absolute atomic E-state index is 0.0780. The molecule has 1 aromatic heterocycles. The van der Waals surface area contributed by atoms with Crippen LogP contribution in [-0.4, -0.2) is 23.0 Å². The first-order valence-electron chi connectivity index (χ1n) is 5.99. The van der Waals surface area contributed by atoms with Crippen molar-refractivity contribution in [1.29, 1.82) is 0 Å². The summed E-state index contributed by atoms with van der Waals surface area (Å²) in [6.45, 7) is 1.17. The van der Waals surface area contributed by atoms with Gasteiger partial charge in [0.2, 0.25) is 0 Å². The summed E-state index contributed by atoms with van der Waals surface area (Å²) in [6.07, 6.45) is 1.71. The standard InChI is InChI=1S/C13H13BrN4O2/c14-10-5-6-13(17-9-10)16-8-7-15-11-3-1-2-4-12(11)18(19)20/h1-6,9,15H,7-8H2,(H,16,17). The number of hydrogen-bond acceptors (Lipinski definition) is 5. The predicted molar refractivity (Wildman–Crippen MR) is 82.0 cm³/mol. The van der Waals surface area contributed by atoms with E-state index in [9.17, 15) is 10.1 Å². The van der Waals surface area contributed by atoms with Crippen LogP contribution < -0.4 is 10.6 Å². The number of para-hydroxylation sites is 2. The number of nitro groups is 1. The van der Waals surface area contributed by atoms with Crippen molar-refractivity contribution in [1.82, 2.24) is 4.98 Å². The van der Waals surface area contributed by atoms with Gasteiger partial charge in [-0.25, -0.2) is 4.98 Å². The highest BCUT2D eigenvalue weighted by molar-refractivity contribution is 9.10. The Kier molecular flexibility index (Phi) is 4.89. The number of pyridine rings is 1. The van der Waals surface area contributed by atoms with Crippen LogP contribution >= 0.6 is 15.9 Å². The highest BCUT2D eigenvalue weighted by Gasteiger charge is 2.10. The molecule has 1 heterocycles. The minimum atomic E-state index is -0.397. The monoisotopic (exact) mass is 336 g/mol. The second-order valence-electron chi connectivity index (χ2n) is 3.99. The van der Waals surface area contributed by atoms with E-state index in [0.717, 1.165) is 10.3 Å². The molecule has 0 atom stereocenters. The summed E-state index contributed by atoms with van der Waals surface area (Å²) in [4.78, 5) is 14.6. The number of hydrogen-bond donors (Lipinski definition) is 2. The molecule has 0 radical (unpaired) electrons. The second kappa shape index (κ2) is 6.85. The predicted octanol–water partition coefficient (Wildman–Crippen LogP) is 3.28. The fourth-order valence-electron chi connectivity index (χ4n) is 1.65. The quantitative estimate of drug-likeness (QED) is 0.480. The maximum absolute atomic E-state index is 10.8. The summed E-state index contributed by atoms with van der Waals surface area (Å²) in [5, 5.41) is 17.0. The van der Waals surface area contributed by atoms with Gasteiger partial charge in [0.1, 0.15) is 11.5 Å². The minimum Gasteiger partial charge on any atom is -0.378 e. The number of nitro benzene ring substituents is 1. The van der Waals surface area contributed by atoms with Gasteiger partial charge in [0, 0.05) is 29.8 Å². The molecule has 0 spiro atoms. The van der Waals surface area contributed by atoms with Crippen LogP contribution in [0.4, 0.5) is 17.2 Å². The lowest BCUT2D eigenvalue weighted by Crippen LogP contribution is -2.14. The van der Waals surface area contributed by atoms with Crippen molar-refractivity contribution in [3.8, 4) is 0 Å². The molecule has 0 aliphatic rings. The van der Waals surface area contributed by atoms with Gasteiger partial charge in [-0.1, -0.05) is 12.1 Å². The molecule has 104 valence electrons. The topological polar surface area (TPSA) is 80.1 Å². The van der Waals surface area contributed by atoms with Crippen LogP contribution in [0, 0.1) is 10.1 Å². The van der Waals surface area contributed by atoms with Crippen LogP contribution in [0.5, 0.6) is 0 Å². The number of benzene rings is 1. The summed E-state index contributed by atoms with van der Waals surface area (Å²) in [7, 11) is 0. The van der Waals surface area contributed by atoms with E-state index in [0.29, 0.717) is 18.8 Å². The SMILES string of the molecule is O=[N+]([O-])c1ccccc1NCCNc1ccc(Br)cn1. The fraction of sp³-hybridized carbons (Fsp3) is 0.154. The third kappa shape index (κ3) is 3.92. The summed E-state index contributed by atoms with van der Waals surface area (Å²) in [6, 6.07) is 10.3. The Balaban J connectivity index is 1.84. The van der Waals surface area contributed by atoms with Gasteiger partial charge in [-0.15, -0.1) is 0 Å². The van der Waals surface area contributed by atoms with Gasteiger partial charge in [0.25, 0.3) is 5.69 Å². The Bertz CT molecular complexity index is 589. The van der Waals surface area contributed by atoms with Gasteiger partial charge in [0.15, 0.2) is 0 Å². The van der Waals surface area contributed by atoms with E-state index in [4.69, 9.17) is 0 Å². The normalized spacial score (nSPS) is 10.1. The van der Waals surface area contributed by atoms with Crippen LogP contribution in [0.3, 0.4) is 0 Å². The molecule has 7 heteroatoms. The maximum Gasteiger partial charge on any atom is 0.292 e. The first kappa shape index (κ1) is 14.3. The molecule has 2 N–H and O–H groups in total. The van der Waals surface area contributed by atoms with E-state index >= 15 is 0 Å². The average Bonchev–Trinajstić information content (AvgIpc) is 2.46. The molecule has 0 saturated heterocycles. The van der Waals surface area contributed by atoms with Crippen molar-refractivity contribution in [2.75, 3.05) is 23.7 Å². The summed E-state index contributed by atoms with van der Waals surface area (Å²) < 4.78 is 0.918. The third-order valence-electron chi connectivity index (χ3n) is 2.57. The first-order chi connectivity index (χ1) is 9.66. The number of rotatable bonds is 6. The van der Waals surface area contributed by atoms with E-state index in [2.05, 4.69) is 31.5 Å². The smallest absolute Gasteiger partial charge is 0.292 e. The van der Waals surface area contributed by atoms with Gasteiger partial charge >= 0.3 is 0 Å². The Morgan fingerprint density at radius 2 is 1.90 bits per heavy atom. The molecule has 0 aliphatic carbocycles. The summed E-state index contributed by atoms with van der Waals surface area (Å²) in [5.74, 6) is 0.762. The fourth-order valence-corrected chi connectivity index (χ4v) is 1.89. The van der Waals surface area contributed by atoms with Crippen molar-refractivity contribution in [3.63, 3.8) is 0 Å². The molecule has 0 saturated carbocycles. The molecule has 1 aromatic carbocycles. The van der Waals surface area contributed by atoms with Crippen LogP contribution in [0.15, 0.2) is 47.1 Å². The highest BCUT2D eigenvalue weighted by Crippen LogP contribution is 2.22. The third-order valence-corrected chi connectivity index (χ3v) is 3.04. The van der Waals surface area contributed by atoms with Gasteiger partial charge < -0.3 is 10.6 Å². The van der Waals surface area contributed by atoms with Crippen LogP contribution in [0.25, 0.3) is 0 Å². The molecule has 0 fully saturated rings. The van der Waals surface area contributed by atoms with Crippen molar-refractivity contribution >= 4 is 33.1 Å². The zero-order valence-corrected chi connectivity index (χ0v) is 12.1. The molecule has 0 amide bonds. The van der Waals surface area contributed by atoms with E-state index < -0.39 is 4.92 Å². The summed E-state index contributed by atoms with van der Waals surface area (Å²) >= 11 is 3.31. The molecule has 0 unspecified atom stereocenters. The number of anilines is 2. The lowest BCUT2D eigenvalue weighted by Gasteiger charge is -2.08. The van der Waals surface area contributed by atoms with Crippen LogP contribution in [-0.2, 0) is 0 Å². The first-order valence-corrected chi connectivity index (χ1v) is 6.79. The molecule has 2 rings (SSSR count). The van der Waals surface area contributed by atoms with E-state index in [1.807, 2.05) is 12.1 Å². The van der Waals surface area contributed by atoms with Gasteiger partial charge in [-0.2, -0.15) is 0 Å². The Morgan fingerprint density at radius 3 is 2.60 bits per heavy atom. The molecular formula is C13H13BrN4O2. The van der Waals surface area contributed by atoms with Gasteiger partial charge in [0.05, 0.1) is 4.92 Å². The molecule has 20 heavy (non-hydrogen) atoms. The Morgan fingerprint density at radius 1 is 1.15 bits per heavy atom. The van der Waals surface area contributed by atoms with Crippen molar-refractivity contribution in [2.24, 2.45) is 0 Å². The highest BCUT2D eigenvalue weighted by atomic mass is 79.9. The average molecular weight is 337 g/mol. The van der Waals surface area contributed by atoms with E-state index in [1.165, 1.54) is 6.07 Å². The molecular weight excluding hydrogens is 324 g/mol. The molecule has 6 nitrogen and oxygen atoms in total. The van der Waals surface area contributed by atoms with Crippen LogP contribution in [0.2, 0.25) is 0 Å². The molecule has 0 bridgehead atoms. The second-order valence-corrected chi connectivity index (χ2v) is 4.91. The zero-order chi connectivity index (χ0) is 14.4. The van der Waals surface area contributed by atoms with Gasteiger partial charge in [-0.05, 0) is 34.1 Å². The lowest BCUT2D eigenvalue weighted by molar-refractivity contribution is -0.384. The van der Waals surface area contributed by atoms with Crippen molar-refractivity contribution < 1.29 is 4.92 Å². The van der Waals surface area contributed by atoms with Gasteiger partial charge in [-0.3, -0.25) is 10.1 Å². The van der Waals surface area contributed by atoms with Crippen molar-refractivity contribution in [2.45, 2.75) is 0 Å². The number of halogens is 1. The van der Waals surface area contributed by atoms with Crippen LogP contribution in [0.1, 0.15) is 0 Å². The number of aromatic nitrogens is 1. The Hall–Kier alpha value is -2.15. The lowest BCUT2D eigenvalue weighted by atomic mass is 10.2. The molecule has 2 aromatic rings. The largest absolute Gasteiger partial charge is 0.378 e. The number of nitrogens with one attached hydrogen (secondary N) is 2. The van der Waals surface area contributed by atoms with E-state index in [1.54, 1.807) is 24.4 Å². The number of nitrogens with zero attached hydrogens (tertiary/aromatic N) is 2. The maximum atomic E-state index is 10.8. The zero-order valence-electron chi connectivity index (χ0n) is 10.5. The molecule has 0 aliphatic heterocycles.